The van der Waals surface area contributed by atoms with Gasteiger partial charge >= 0.3 is 0 Å². The van der Waals surface area contributed by atoms with E-state index in [2.05, 4.69) is 10.4 Å². The molecule has 0 bridgehead atoms. The number of aryl methyl sites for hydroxylation is 1. The first kappa shape index (κ1) is 11.7. The highest BCUT2D eigenvalue weighted by atomic mass is 35.5. The number of hydrogen-bond donors (Lipinski definition) is 1. The van der Waals surface area contributed by atoms with Crippen LogP contribution in [0, 0.1) is 6.92 Å². The topological polar surface area (TPSA) is 43.0 Å². The van der Waals surface area contributed by atoms with E-state index in [4.69, 9.17) is 4.42 Å². The molecule has 15 heavy (non-hydrogen) atoms. The van der Waals surface area contributed by atoms with Crippen LogP contribution in [0.4, 0.5) is 5.69 Å². The molecular formula is C10H14ClN3O. The van der Waals surface area contributed by atoms with E-state index < -0.39 is 0 Å². The van der Waals surface area contributed by atoms with E-state index in [1.54, 1.807) is 6.26 Å². The third kappa shape index (κ3) is 2.53. The molecule has 4 nitrogen and oxygen atoms in total. The Kier molecular flexibility index (Phi) is 3.80. The number of rotatable bonds is 3. The van der Waals surface area contributed by atoms with Crippen LogP contribution < -0.4 is 5.32 Å². The molecule has 5 heteroatoms. The van der Waals surface area contributed by atoms with E-state index in [-0.39, 0.29) is 12.4 Å². The SMILES string of the molecule is Cc1c(NCc2ccco2)cnn1C.Cl. The Morgan fingerprint density at radius 3 is 2.87 bits per heavy atom. The van der Waals surface area contributed by atoms with E-state index >= 15 is 0 Å². The van der Waals surface area contributed by atoms with Crippen LogP contribution in [0.1, 0.15) is 11.5 Å². The monoisotopic (exact) mass is 227 g/mol. The Hall–Kier alpha value is -1.42. The Morgan fingerprint density at radius 1 is 1.53 bits per heavy atom. The summed E-state index contributed by atoms with van der Waals surface area (Å²) in [6.45, 7) is 2.72. The molecular weight excluding hydrogens is 214 g/mol. The fraction of sp³-hybridized carbons (Fsp3) is 0.300. The first-order valence-corrected chi connectivity index (χ1v) is 4.52. The standard InChI is InChI=1S/C10H13N3O.ClH/c1-8-10(7-12-13(8)2)11-6-9-4-3-5-14-9;/h3-5,7,11H,6H2,1-2H3;1H. The van der Waals surface area contributed by atoms with Crippen molar-refractivity contribution in [3.8, 4) is 0 Å². The predicted octanol–water partition coefficient (Wildman–Crippen LogP) is 2.36. The summed E-state index contributed by atoms with van der Waals surface area (Å²) in [6, 6.07) is 3.83. The van der Waals surface area contributed by atoms with Gasteiger partial charge in [0.1, 0.15) is 5.76 Å². The van der Waals surface area contributed by atoms with Crippen molar-refractivity contribution in [1.82, 2.24) is 9.78 Å². The minimum absolute atomic E-state index is 0. The van der Waals surface area contributed by atoms with Gasteiger partial charge in [-0.05, 0) is 19.1 Å². The van der Waals surface area contributed by atoms with Crippen LogP contribution in [0.3, 0.4) is 0 Å². The first-order valence-electron chi connectivity index (χ1n) is 4.52. The fourth-order valence-electron chi connectivity index (χ4n) is 1.27. The number of hydrogen-bond acceptors (Lipinski definition) is 3. The highest BCUT2D eigenvalue weighted by Gasteiger charge is 2.03. The van der Waals surface area contributed by atoms with Gasteiger partial charge in [0, 0.05) is 7.05 Å². The largest absolute Gasteiger partial charge is 0.467 e. The zero-order valence-corrected chi connectivity index (χ0v) is 9.54. The Balaban J connectivity index is 0.00000112. The van der Waals surface area contributed by atoms with Crippen molar-refractivity contribution in [2.45, 2.75) is 13.5 Å². The molecule has 0 aliphatic carbocycles. The maximum Gasteiger partial charge on any atom is 0.122 e. The molecule has 0 radical (unpaired) electrons. The molecule has 82 valence electrons. The average molecular weight is 228 g/mol. The van der Waals surface area contributed by atoms with E-state index in [1.807, 2.05) is 37.0 Å². The molecule has 0 saturated heterocycles. The van der Waals surface area contributed by atoms with E-state index in [9.17, 15) is 0 Å². The molecule has 0 amide bonds. The van der Waals surface area contributed by atoms with Crippen LogP contribution in [0.15, 0.2) is 29.0 Å². The third-order valence-electron chi connectivity index (χ3n) is 2.27. The molecule has 0 saturated carbocycles. The summed E-state index contributed by atoms with van der Waals surface area (Å²) in [5, 5.41) is 7.40. The normalized spacial score (nSPS) is 9.73. The lowest BCUT2D eigenvalue weighted by atomic mass is 10.3. The van der Waals surface area contributed by atoms with Crippen molar-refractivity contribution in [3.63, 3.8) is 0 Å². The zero-order chi connectivity index (χ0) is 9.97. The van der Waals surface area contributed by atoms with Gasteiger partial charge in [0.15, 0.2) is 0 Å². The van der Waals surface area contributed by atoms with Crippen molar-refractivity contribution in [2.24, 2.45) is 7.05 Å². The molecule has 0 spiro atoms. The summed E-state index contributed by atoms with van der Waals surface area (Å²) in [5.74, 6) is 0.924. The second-order valence-corrected chi connectivity index (χ2v) is 3.20. The van der Waals surface area contributed by atoms with Gasteiger partial charge in [-0.3, -0.25) is 4.68 Å². The molecule has 2 rings (SSSR count). The summed E-state index contributed by atoms with van der Waals surface area (Å²) >= 11 is 0. The summed E-state index contributed by atoms with van der Waals surface area (Å²) in [6.07, 6.45) is 3.49. The third-order valence-corrected chi connectivity index (χ3v) is 2.27. The molecule has 0 aliphatic rings. The second-order valence-electron chi connectivity index (χ2n) is 3.20. The number of nitrogens with zero attached hydrogens (tertiary/aromatic N) is 2. The molecule has 0 unspecified atom stereocenters. The van der Waals surface area contributed by atoms with E-state index in [1.165, 1.54) is 0 Å². The van der Waals surface area contributed by atoms with Crippen molar-refractivity contribution in [2.75, 3.05) is 5.32 Å². The minimum Gasteiger partial charge on any atom is -0.467 e. The number of halogens is 1. The molecule has 1 N–H and O–H groups in total. The van der Waals surface area contributed by atoms with Crippen molar-refractivity contribution in [3.05, 3.63) is 36.0 Å². The van der Waals surface area contributed by atoms with E-state index in [0.29, 0.717) is 6.54 Å². The number of anilines is 1. The summed E-state index contributed by atoms with van der Waals surface area (Å²) in [5.41, 5.74) is 2.17. The van der Waals surface area contributed by atoms with Gasteiger partial charge in [-0.2, -0.15) is 5.10 Å². The molecule has 2 aromatic rings. The highest BCUT2D eigenvalue weighted by Crippen LogP contribution is 2.13. The maximum atomic E-state index is 5.21. The number of furan rings is 1. The van der Waals surface area contributed by atoms with Gasteiger partial charge in [0.05, 0.1) is 30.4 Å². The lowest BCUT2D eigenvalue weighted by Crippen LogP contribution is -2.00. The fourth-order valence-corrected chi connectivity index (χ4v) is 1.27. The van der Waals surface area contributed by atoms with Crippen LogP contribution in [0.2, 0.25) is 0 Å². The van der Waals surface area contributed by atoms with Crippen LogP contribution in [-0.4, -0.2) is 9.78 Å². The smallest absolute Gasteiger partial charge is 0.122 e. The van der Waals surface area contributed by atoms with Gasteiger partial charge in [-0.15, -0.1) is 12.4 Å². The zero-order valence-electron chi connectivity index (χ0n) is 8.73. The Morgan fingerprint density at radius 2 is 2.33 bits per heavy atom. The van der Waals surface area contributed by atoms with Crippen LogP contribution in [-0.2, 0) is 13.6 Å². The van der Waals surface area contributed by atoms with Crippen molar-refractivity contribution >= 4 is 18.1 Å². The highest BCUT2D eigenvalue weighted by molar-refractivity contribution is 5.85. The molecule has 0 atom stereocenters. The Bertz CT molecular complexity index is 408. The van der Waals surface area contributed by atoms with Gasteiger partial charge in [-0.1, -0.05) is 0 Å². The van der Waals surface area contributed by atoms with Crippen molar-refractivity contribution < 1.29 is 4.42 Å². The Labute approximate surface area is 94.7 Å². The van der Waals surface area contributed by atoms with Crippen LogP contribution in [0.25, 0.3) is 0 Å². The summed E-state index contributed by atoms with van der Waals surface area (Å²) in [7, 11) is 1.92. The lowest BCUT2D eigenvalue weighted by Gasteiger charge is -2.02. The molecule has 2 heterocycles. The number of aromatic nitrogens is 2. The molecule has 2 aromatic heterocycles. The first-order chi connectivity index (χ1) is 6.77. The van der Waals surface area contributed by atoms with Gasteiger partial charge in [0.25, 0.3) is 0 Å². The summed E-state index contributed by atoms with van der Waals surface area (Å²) in [4.78, 5) is 0. The predicted molar refractivity (Wildman–Crippen MR) is 61.2 cm³/mol. The minimum atomic E-state index is 0. The van der Waals surface area contributed by atoms with Gasteiger partial charge in [0.2, 0.25) is 0 Å². The number of nitrogens with one attached hydrogen (secondary N) is 1. The quantitative estimate of drug-likeness (QED) is 0.876. The van der Waals surface area contributed by atoms with Crippen molar-refractivity contribution in [1.29, 1.82) is 0 Å². The average Bonchev–Trinajstić information content (AvgIpc) is 2.77. The van der Waals surface area contributed by atoms with Crippen LogP contribution in [0.5, 0.6) is 0 Å². The molecule has 0 fully saturated rings. The summed E-state index contributed by atoms with van der Waals surface area (Å²) < 4.78 is 7.05. The van der Waals surface area contributed by atoms with Gasteiger partial charge < -0.3 is 9.73 Å². The van der Waals surface area contributed by atoms with Gasteiger partial charge in [-0.25, -0.2) is 0 Å². The lowest BCUT2D eigenvalue weighted by molar-refractivity contribution is 0.518. The van der Waals surface area contributed by atoms with Crippen LogP contribution >= 0.6 is 12.4 Å². The van der Waals surface area contributed by atoms with E-state index in [0.717, 1.165) is 17.1 Å². The maximum absolute atomic E-state index is 5.21. The molecule has 0 aromatic carbocycles. The molecule has 0 aliphatic heterocycles. The second kappa shape index (κ2) is 4.89.